The number of nitriles is 1. The predicted octanol–water partition coefficient (Wildman–Crippen LogP) is 2.98. The number of hydrogen-bond acceptors (Lipinski definition) is 6. The zero-order chi connectivity index (χ0) is 21.0. The van der Waals surface area contributed by atoms with Gasteiger partial charge in [-0.3, -0.25) is 19.7 Å². The van der Waals surface area contributed by atoms with Crippen molar-refractivity contribution in [1.29, 1.82) is 5.26 Å². The number of non-ortho nitro benzene ring substituents is 1. The van der Waals surface area contributed by atoms with E-state index in [1.54, 1.807) is 30.3 Å². The average molecular weight is 410 g/mol. The van der Waals surface area contributed by atoms with E-state index in [0.717, 1.165) is 10.7 Å². The van der Waals surface area contributed by atoms with Crippen molar-refractivity contribution in [2.45, 2.75) is 6.54 Å². The van der Waals surface area contributed by atoms with E-state index in [4.69, 9.17) is 16.9 Å². The van der Waals surface area contributed by atoms with Gasteiger partial charge in [0.25, 0.3) is 11.2 Å². The van der Waals surface area contributed by atoms with Crippen LogP contribution >= 0.6 is 11.6 Å². The van der Waals surface area contributed by atoms with E-state index in [0.29, 0.717) is 16.3 Å². The Bertz CT molecular complexity index is 1200. The number of nitrogens with zero attached hydrogens (tertiary/aromatic N) is 4. The molecule has 0 spiro atoms. The number of carbonyl (C=O) groups excluding carboxylic acids is 1. The van der Waals surface area contributed by atoms with E-state index < -0.39 is 22.9 Å². The second-order valence-corrected chi connectivity index (χ2v) is 6.30. The minimum atomic E-state index is -0.641. The number of aromatic nitrogens is 2. The maximum Gasteiger partial charge on any atom is 0.270 e. The lowest BCUT2D eigenvalue weighted by Crippen LogP contribution is -2.29. The third-order valence-corrected chi connectivity index (χ3v) is 4.16. The molecule has 144 valence electrons. The molecule has 0 bridgehead atoms. The molecule has 0 radical (unpaired) electrons. The van der Waals surface area contributed by atoms with Crippen molar-refractivity contribution in [1.82, 2.24) is 9.78 Å². The van der Waals surface area contributed by atoms with Gasteiger partial charge in [0.05, 0.1) is 21.9 Å². The minimum Gasteiger partial charge on any atom is -0.323 e. The normalized spacial score (nSPS) is 10.2. The van der Waals surface area contributed by atoms with Crippen LogP contribution in [0.4, 0.5) is 11.4 Å². The molecule has 3 rings (SSSR count). The lowest BCUT2D eigenvalue weighted by Gasteiger charge is -2.09. The summed E-state index contributed by atoms with van der Waals surface area (Å²) in [5.74, 6) is -0.613. The molecule has 1 N–H and O–H groups in total. The van der Waals surface area contributed by atoms with Gasteiger partial charge in [0, 0.05) is 28.8 Å². The van der Waals surface area contributed by atoms with Crippen LogP contribution in [-0.4, -0.2) is 20.6 Å². The number of nitro groups is 1. The van der Waals surface area contributed by atoms with E-state index in [9.17, 15) is 19.7 Å². The molecule has 0 aliphatic carbocycles. The zero-order valence-electron chi connectivity index (χ0n) is 14.7. The SMILES string of the molecule is N#Cc1cc([N+](=O)[O-])ccc1NC(=O)Cn1nc(-c2ccc(Cl)cc2)ccc1=O. The van der Waals surface area contributed by atoms with Crippen molar-refractivity contribution in [3.05, 3.63) is 85.7 Å². The Hall–Kier alpha value is -4.03. The van der Waals surface area contributed by atoms with Gasteiger partial charge in [-0.25, -0.2) is 4.68 Å². The molecule has 1 heterocycles. The van der Waals surface area contributed by atoms with Gasteiger partial charge in [-0.05, 0) is 24.3 Å². The molecule has 3 aromatic rings. The van der Waals surface area contributed by atoms with Crippen LogP contribution in [0.1, 0.15) is 5.56 Å². The maximum atomic E-state index is 12.3. The van der Waals surface area contributed by atoms with Gasteiger partial charge in [0.1, 0.15) is 12.6 Å². The summed E-state index contributed by atoms with van der Waals surface area (Å²) in [6.45, 7) is -0.401. The van der Waals surface area contributed by atoms with E-state index in [2.05, 4.69) is 10.4 Å². The molecule has 0 aliphatic rings. The fourth-order valence-corrected chi connectivity index (χ4v) is 2.64. The zero-order valence-corrected chi connectivity index (χ0v) is 15.5. The smallest absolute Gasteiger partial charge is 0.270 e. The molecule has 0 unspecified atom stereocenters. The molecule has 0 atom stereocenters. The highest BCUT2D eigenvalue weighted by Crippen LogP contribution is 2.21. The molecule has 0 saturated carbocycles. The molecule has 10 heteroatoms. The highest BCUT2D eigenvalue weighted by Gasteiger charge is 2.14. The Morgan fingerprint density at radius 1 is 1.21 bits per heavy atom. The van der Waals surface area contributed by atoms with Crippen LogP contribution in [0.25, 0.3) is 11.3 Å². The second-order valence-electron chi connectivity index (χ2n) is 5.87. The molecule has 9 nitrogen and oxygen atoms in total. The van der Waals surface area contributed by atoms with Crippen LogP contribution in [0.15, 0.2) is 59.4 Å². The third kappa shape index (κ3) is 4.63. The van der Waals surface area contributed by atoms with Crippen LogP contribution in [0, 0.1) is 21.4 Å². The monoisotopic (exact) mass is 409 g/mol. The molecule has 1 amide bonds. The summed E-state index contributed by atoms with van der Waals surface area (Å²) in [5.41, 5.74) is 0.468. The molecule has 2 aromatic carbocycles. The topological polar surface area (TPSA) is 131 Å². The van der Waals surface area contributed by atoms with Gasteiger partial charge in [0.15, 0.2) is 0 Å². The van der Waals surface area contributed by atoms with Crippen LogP contribution in [0.3, 0.4) is 0 Å². The third-order valence-electron chi connectivity index (χ3n) is 3.91. The summed E-state index contributed by atoms with van der Waals surface area (Å²) in [4.78, 5) is 34.6. The van der Waals surface area contributed by atoms with Crippen LogP contribution in [0.2, 0.25) is 5.02 Å². The number of halogens is 1. The van der Waals surface area contributed by atoms with Gasteiger partial charge in [0.2, 0.25) is 5.91 Å². The Labute approximate surface area is 168 Å². The van der Waals surface area contributed by atoms with Crippen molar-refractivity contribution >= 4 is 28.9 Å². The van der Waals surface area contributed by atoms with Crippen molar-refractivity contribution in [2.24, 2.45) is 0 Å². The van der Waals surface area contributed by atoms with Gasteiger partial charge in [-0.15, -0.1) is 0 Å². The van der Waals surface area contributed by atoms with Crippen molar-refractivity contribution in [3.8, 4) is 17.3 Å². The average Bonchev–Trinajstić information content (AvgIpc) is 2.70. The number of amides is 1. The molecular formula is C19H12ClN5O4. The maximum absolute atomic E-state index is 12.3. The van der Waals surface area contributed by atoms with Gasteiger partial charge in [-0.2, -0.15) is 10.4 Å². The number of nitro benzene ring substituents is 1. The summed E-state index contributed by atoms with van der Waals surface area (Å²) >= 11 is 5.86. The molecular weight excluding hydrogens is 398 g/mol. The fraction of sp³-hybridized carbons (Fsp3) is 0.0526. The molecule has 0 saturated heterocycles. The Balaban J connectivity index is 1.82. The van der Waals surface area contributed by atoms with Crippen LogP contribution in [-0.2, 0) is 11.3 Å². The molecule has 1 aromatic heterocycles. The summed E-state index contributed by atoms with van der Waals surface area (Å²) in [5, 5.41) is 27.2. The number of nitrogens with one attached hydrogen (secondary N) is 1. The summed E-state index contributed by atoms with van der Waals surface area (Å²) in [6.07, 6.45) is 0. The first-order valence-corrected chi connectivity index (χ1v) is 8.57. The van der Waals surface area contributed by atoms with Crippen LogP contribution < -0.4 is 10.9 Å². The number of carbonyl (C=O) groups is 1. The van der Waals surface area contributed by atoms with E-state index >= 15 is 0 Å². The largest absolute Gasteiger partial charge is 0.323 e. The Kier molecular flexibility index (Phi) is 5.66. The number of rotatable bonds is 5. The van der Waals surface area contributed by atoms with Gasteiger partial charge >= 0.3 is 0 Å². The lowest BCUT2D eigenvalue weighted by molar-refractivity contribution is -0.384. The van der Waals surface area contributed by atoms with Crippen LogP contribution in [0.5, 0.6) is 0 Å². The Morgan fingerprint density at radius 2 is 1.93 bits per heavy atom. The molecule has 0 fully saturated rings. The second kappa shape index (κ2) is 8.33. The van der Waals surface area contributed by atoms with Crippen molar-refractivity contribution in [3.63, 3.8) is 0 Å². The van der Waals surface area contributed by atoms with Gasteiger partial charge in [-0.1, -0.05) is 23.7 Å². The first-order valence-electron chi connectivity index (χ1n) is 8.20. The van der Waals surface area contributed by atoms with E-state index in [1.807, 2.05) is 0 Å². The highest BCUT2D eigenvalue weighted by molar-refractivity contribution is 6.30. The predicted molar refractivity (Wildman–Crippen MR) is 105 cm³/mol. The Morgan fingerprint density at radius 3 is 2.59 bits per heavy atom. The van der Waals surface area contributed by atoms with Gasteiger partial charge < -0.3 is 5.32 Å². The highest BCUT2D eigenvalue weighted by atomic mass is 35.5. The summed E-state index contributed by atoms with van der Waals surface area (Å²) < 4.78 is 0.983. The molecule has 0 aliphatic heterocycles. The van der Waals surface area contributed by atoms with E-state index in [1.165, 1.54) is 24.3 Å². The quantitative estimate of drug-likeness (QED) is 0.509. The number of benzene rings is 2. The summed E-state index contributed by atoms with van der Waals surface area (Å²) in [6, 6.07) is 14.9. The van der Waals surface area contributed by atoms with Crippen molar-refractivity contribution < 1.29 is 9.72 Å². The minimum absolute atomic E-state index is 0.0669. The van der Waals surface area contributed by atoms with E-state index in [-0.39, 0.29) is 16.9 Å². The first-order chi connectivity index (χ1) is 13.9. The summed E-state index contributed by atoms with van der Waals surface area (Å²) in [7, 11) is 0. The van der Waals surface area contributed by atoms with Crippen molar-refractivity contribution in [2.75, 3.05) is 5.32 Å². The first kappa shape index (κ1) is 19.7. The fourth-order valence-electron chi connectivity index (χ4n) is 2.51. The molecule has 29 heavy (non-hydrogen) atoms. The number of anilines is 1. The number of hydrogen-bond donors (Lipinski definition) is 1. The standard InChI is InChI=1S/C19H12ClN5O4/c20-14-3-1-12(2-4-14)17-7-8-19(27)24(23-17)11-18(26)22-16-6-5-15(25(28)29)9-13(16)10-21/h1-9H,11H2,(H,22,26). The lowest BCUT2D eigenvalue weighted by atomic mass is 10.1.